The molecule has 0 spiro atoms. The fourth-order valence-corrected chi connectivity index (χ4v) is 1.79. The first-order valence-electron chi connectivity index (χ1n) is 5.97. The maximum atomic E-state index is 11.8. The molecule has 2 aromatic rings. The van der Waals surface area contributed by atoms with Crippen molar-refractivity contribution in [1.82, 2.24) is 5.32 Å². The summed E-state index contributed by atoms with van der Waals surface area (Å²) in [5.41, 5.74) is 1.09. The molecule has 2 rings (SSSR count). The molecule has 3 heteroatoms. The fraction of sp³-hybridized carbons (Fsp3) is 0.267. The van der Waals surface area contributed by atoms with Gasteiger partial charge in [0, 0.05) is 12.0 Å². The van der Waals surface area contributed by atoms with Crippen LogP contribution in [0.25, 0.3) is 0 Å². The average Bonchev–Trinajstić information content (AvgIpc) is 2.91. The molecule has 0 fully saturated rings. The maximum absolute atomic E-state index is 11.8. The van der Waals surface area contributed by atoms with Gasteiger partial charge in [-0.05, 0) is 17.7 Å². The molecular formula is C15H17NO2. The highest BCUT2D eigenvalue weighted by Crippen LogP contribution is 2.21. The van der Waals surface area contributed by atoms with E-state index in [0.29, 0.717) is 12.3 Å². The van der Waals surface area contributed by atoms with E-state index in [4.69, 9.17) is 4.42 Å². The first-order chi connectivity index (χ1) is 8.59. The van der Waals surface area contributed by atoms with Gasteiger partial charge in [-0.3, -0.25) is 4.79 Å². The van der Waals surface area contributed by atoms with Crippen LogP contribution in [0.5, 0.6) is 0 Å². The van der Waals surface area contributed by atoms with Gasteiger partial charge in [0.2, 0.25) is 0 Å². The molecule has 0 saturated heterocycles. The van der Waals surface area contributed by atoms with Crippen molar-refractivity contribution >= 4 is 5.91 Å². The molecule has 3 nitrogen and oxygen atoms in total. The third-order valence-corrected chi connectivity index (χ3v) is 2.99. The third kappa shape index (κ3) is 2.80. The summed E-state index contributed by atoms with van der Waals surface area (Å²) in [7, 11) is 0. The van der Waals surface area contributed by atoms with Crippen molar-refractivity contribution in [3.63, 3.8) is 0 Å². The van der Waals surface area contributed by atoms with Crippen molar-refractivity contribution < 1.29 is 9.21 Å². The van der Waals surface area contributed by atoms with E-state index >= 15 is 0 Å². The molecule has 0 atom stereocenters. The summed E-state index contributed by atoms with van der Waals surface area (Å²) in [4.78, 5) is 11.8. The highest BCUT2D eigenvalue weighted by Gasteiger charge is 2.21. The lowest BCUT2D eigenvalue weighted by Crippen LogP contribution is -2.36. The monoisotopic (exact) mass is 243 g/mol. The molecule has 0 aliphatic heterocycles. The van der Waals surface area contributed by atoms with E-state index < -0.39 is 0 Å². The number of nitrogens with one attached hydrogen (secondary N) is 1. The predicted molar refractivity (Wildman–Crippen MR) is 70.5 cm³/mol. The minimum atomic E-state index is -0.177. The molecule has 1 aromatic heterocycles. The van der Waals surface area contributed by atoms with E-state index in [1.165, 1.54) is 11.8 Å². The van der Waals surface area contributed by atoms with Gasteiger partial charge in [0.05, 0.1) is 6.26 Å². The van der Waals surface area contributed by atoms with Gasteiger partial charge in [0.1, 0.15) is 0 Å². The number of benzene rings is 1. The van der Waals surface area contributed by atoms with Crippen LogP contribution in [0.15, 0.2) is 53.1 Å². The summed E-state index contributed by atoms with van der Waals surface area (Å²) >= 11 is 0. The summed E-state index contributed by atoms with van der Waals surface area (Å²) in [6.45, 7) is 4.77. The van der Waals surface area contributed by atoms with Crippen molar-refractivity contribution in [2.75, 3.05) is 6.54 Å². The Morgan fingerprint density at radius 3 is 2.50 bits per heavy atom. The van der Waals surface area contributed by atoms with Gasteiger partial charge >= 0.3 is 0 Å². The molecule has 1 heterocycles. The van der Waals surface area contributed by atoms with Crippen molar-refractivity contribution in [2.45, 2.75) is 19.3 Å². The molecule has 0 saturated carbocycles. The topological polar surface area (TPSA) is 42.2 Å². The van der Waals surface area contributed by atoms with Crippen molar-refractivity contribution in [2.24, 2.45) is 0 Å². The van der Waals surface area contributed by atoms with Gasteiger partial charge in [0.25, 0.3) is 5.91 Å². The Balaban J connectivity index is 1.99. The number of hydrogen-bond acceptors (Lipinski definition) is 2. The SMILES string of the molecule is CC(C)(CNC(=O)c1ccco1)c1ccccc1. The van der Waals surface area contributed by atoms with E-state index in [9.17, 15) is 4.79 Å². The highest BCUT2D eigenvalue weighted by molar-refractivity contribution is 5.91. The Morgan fingerprint density at radius 1 is 1.17 bits per heavy atom. The average molecular weight is 243 g/mol. The van der Waals surface area contributed by atoms with Gasteiger partial charge in [-0.15, -0.1) is 0 Å². The second kappa shape index (κ2) is 5.08. The van der Waals surface area contributed by atoms with E-state index in [0.717, 1.165) is 0 Å². The van der Waals surface area contributed by atoms with Crippen LogP contribution >= 0.6 is 0 Å². The molecule has 0 unspecified atom stereocenters. The standard InChI is InChI=1S/C15H17NO2/c1-15(2,12-7-4-3-5-8-12)11-16-14(17)13-9-6-10-18-13/h3-10H,11H2,1-2H3,(H,16,17). The number of carbonyl (C=O) groups is 1. The Hall–Kier alpha value is -2.03. The lowest BCUT2D eigenvalue weighted by Gasteiger charge is -2.25. The molecular weight excluding hydrogens is 226 g/mol. The van der Waals surface area contributed by atoms with Crippen LogP contribution < -0.4 is 5.32 Å². The molecule has 1 aromatic carbocycles. The number of amides is 1. The second-order valence-corrected chi connectivity index (χ2v) is 4.91. The first kappa shape index (κ1) is 12.4. The number of furan rings is 1. The van der Waals surface area contributed by atoms with Crippen LogP contribution in [0.1, 0.15) is 30.0 Å². The van der Waals surface area contributed by atoms with Crippen molar-refractivity contribution in [3.05, 3.63) is 60.1 Å². The number of hydrogen-bond donors (Lipinski definition) is 1. The zero-order chi connectivity index (χ0) is 13.0. The van der Waals surface area contributed by atoms with Gasteiger partial charge in [-0.2, -0.15) is 0 Å². The summed E-state index contributed by atoms with van der Waals surface area (Å²) in [6.07, 6.45) is 1.50. The van der Waals surface area contributed by atoms with E-state index in [-0.39, 0.29) is 11.3 Å². The van der Waals surface area contributed by atoms with Crippen LogP contribution in [0.2, 0.25) is 0 Å². The number of carbonyl (C=O) groups excluding carboxylic acids is 1. The number of rotatable bonds is 4. The molecule has 0 aliphatic rings. The second-order valence-electron chi connectivity index (χ2n) is 4.91. The molecule has 94 valence electrons. The minimum absolute atomic E-state index is 0.108. The molecule has 1 N–H and O–H groups in total. The van der Waals surface area contributed by atoms with Gasteiger partial charge in [-0.25, -0.2) is 0 Å². The van der Waals surface area contributed by atoms with Crippen LogP contribution in [0.3, 0.4) is 0 Å². The van der Waals surface area contributed by atoms with Gasteiger partial charge in [0.15, 0.2) is 5.76 Å². The van der Waals surface area contributed by atoms with Crippen LogP contribution in [-0.2, 0) is 5.41 Å². The summed E-state index contributed by atoms with van der Waals surface area (Å²) < 4.78 is 5.05. The van der Waals surface area contributed by atoms with E-state index in [1.54, 1.807) is 12.1 Å². The molecule has 0 aliphatic carbocycles. The van der Waals surface area contributed by atoms with Crippen molar-refractivity contribution in [3.8, 4) is 0 Å². The van der Waals surface area contributed by atoms with Crippen LogP contribution in [-0.4, -0.2) is 12.5 Å². The Labute approximate surface area is 107 Å². The Morgan fingerprint density at radius 2 is 1.89 bits per heavy atom. The lowest BCUT2D eigenvalue weighted by molar-refractivity contribution is 0.0918. The van der Waals surface area contributed by atoms with Gasteiger partial charge in [-0.1, -0.05) is 44.2 Å². The predicted octanol–water partition coefficient (Wildman–Crippen LogP) is 2.99. The van der Waals surface area contributed by atoms with E-state index in [2.05, 4.69) is 31.3 Å². The zero-order valence-electron chi connectivity index (χ0n) is 10.6. The quantitative estimate of drug-likeness (QED) is 0.897. The Kier molecular flexibility index (Phi) is 3.51. The summed E-state index contributed by atoms with van der Waals surface area (Å²) in [5.74, 6) is 0.169. The minimum Gasteiger partial charge on any atom is -0.459 e. The first-order valence-corrected chi connectivity index (χ1v) is 5.97. The molecule has 0 radical (unpaired) electrons. The van der Waals surface area contributed by atoms with Gasteiger partial charge < -0.3 is 9.73 Å². The smallest absolute Gasteiger partial charge is 0.287 e. The molecule has 1 amide bonds. The van der Waals surface area contributed by atoms with E-state index in [1.807, 2.05) is 18.2 Å². The molecule has 0 bridgehead atoms. The highest BCUT2D eigenvalue weighted by atomic mass is 16.3. The van der Waals surface area contributed by atoms with Crippen molar-refractivity contribution in [1.29, 1.82) is 0 Å². The Bertz CT molecular complexity index is 501. The largest absolute Gasteiger partial charge is 0.459 e. The summed E-state index contributed by atoms with van der Waals surface area (Å²) in [6, 6.07) is 13.5. The summed E-state index contributed by atoms with van der Waals surface area (Å²) in [5, 5.41) is 2.89. The van der Waals surface area contributed by atoms with Crippen LogP contribution in [0, 0.1) is 0 Å². The maximum Gasteiger partial charge on any atom is 0.287 e. The third-order valence-electron chi connectivity index (χ3n) is 2.99. The normalized spacial score (nSPS) is 11.2. The lowest BCUT2D eigenvalue weighted by atomic mass is 9.84. The van der Waals surface area contributed by atoms with Crippen LogP contribution in [0.4, 0.5) is 0 Å². The zero-order valence-corrected chi connectivity index (χ0v) is 10.6. The molecule has 18 heavy (non-hydrogen) atoms. The fourth-order valence-electron chi connectivity index (χ4n) is 1.79.